The van der Waals surface area contributed by atoms with Gasteiger partial charge in [-0.2, -0.15) is 0 Å². The van der Waals surface area contributed by atoms with Gasteiger partial charge < -0.3 is 10.1 Å². The Morgan fingerprint density at radius 1 is 1.17 bits per heavy atom. The van der Waals surface area contributed by atoms with Crippen LogP contribution in [0.25, 0.3) is 0 Å². The number of benzene rings is 1. The lowest BCUT2D eigenvalue weighted by molar-refractivity contribution is 0.0342. The average Bonchev–Trinajstić information content (AvgIpc) is 2.93. The van der Waals surface area contributed by atoms with Gasteiger partial charge in [-0.15, -0.1) is 11.3 Å². The molecule has 0 atom stereocenters. The summed E-state index contributed by atoms with van der Waals surface area (Å²) in [6.45, 7) is 9.19. The van der Waals surface area contributed by atoms with Gasteiger partial charge in [0, 0.05) is 35.9 Å². The minimum atomic E-state index is 0.00856. The first-order valence-electron chi connectivity index (χ1n) is 8.35. The molecule has 1 aromatic carbocycles. The van der Waals surface area contributed by atoms with E-state index in [1.165, 1.54) is 10.4 Å². The minimum Gasteiger partial charge on any atom is -0.379 e. The number of nitrogens with one attached hydrogen (secondary N) is 1. The second kappa shape index (κ2) is 7.92. The topological polar surface area (TPSA) is 41.6 Å². The van der Waals surface area contributed by atoms with Crippen molar-refractivity contribution in [2.24, 2.45) is 0 Å². The van der Waals surface area contributed by atoms with Gasteiger partial charge >= 0.3 is 0 Å². The number of rotatable bonds is 5. The van der Waals surface area contributed by atoms with Crippen LogP contribution in [0.1, 0.15) is 31.2 Å². The second-order valence-electron chi connectivity index (χ2n) is 6.21. The van der Waals surface area contributed by atoms with Crippen molar-refractivity contribution in [1.82, 2.24) is 10.2 Å². The zero-order valence-electron chi connectivity index (χ0n) is 14.3. The number of thiophene rings is 1. The molecular weight excluding hydrogens is 320 g/mol. The van der Waals surface area contributed by atoms with E-state index < -0.39 is 0 Å². The Labute approximate surface area is 147 Å². The summed E-state index contributed by atoms with van der Waals surface area (Å²) in [5.74, 6) is 0.00856. The number of ether oxygens (including phenoxy) is 1. The number of nitrogens with zero attached hydrogens (tertiary/aromatic N) is 1. The molecule has 2 heterocycles. The van der Waals surface area contributed by atoms with Crippen LogP contribution in [0.4, 0.5) is 0 Å². The van der Waals surface area contributed by atoms with Crippen molar-refractivity contribution in [3.05, 3.63) is 56.8 Å². The van der Waals surface area contributed by atoms with Crippen molar-refractivity contribution in [2.45, 2.75) is 26.9 Å². The Hall–Kier alpha value is -1.69. The molecule has 1 fully saturated rings. The molecule has 1 N–H and O–H groups in total. The summed E-state index contributed by atoms with van der Waals surface area (Å²) in [6.07, 6.45) is 0. The fourth-order valence-corrected chi connectivity index (χ4v) is 3.84. The molecule has 4 nitrogen and oxygen atoms in total. The molecule has 0 radical (unpaired) electrons. The second-order valence-corrected chi connectivity index (χ2v) is 7.68. The highest BCUT2D eigenvalue weighted by Gasteiger charge is 2.12. The van der Waals surface area contributed by atoms with E-state index in [0.717, 1.165) is 48.9 Å². The third-order valence-corrected chi connectivity index (χ3v) is 5.24. The molecule has 0 aliphatic carbocycles. The van der Waals surface area contributed by atoms with E-state index in [9.17, 15) is 4.79 Å². The van der Waals surface area contributed by atoms with Gasteiger partial charge in [-0.25, -0.2) is 0 Å². The first kappa shape index (κ1) is 17.1. The van der Waals surface area contributed by atoms with Gasteiger partial charge in [0.15, 0.2) is 0 Å². The molecule has 1 aliphatic heterocycles. The Morgan fingerprint density at radius 3 is 2.46 bits per heavy atom. The lowest BCUT2D eigenvalue weighted by atomic mass is 10.1. The molecule has 24 heavy (non-hydrogen) atoms. The fourth-order valence-electron chi connectivity index (χ4n) is 2.91. The number of aryl methyl sites for hydroxylation is 2. The molecule has 0 bridgehead atoms. The maximum absolute atomic E-state index is 12.3. The monoisotopic (exact) mass is 344 g/mol. The van der Waals surface area contributed by atoms with E-state index in [1.54, 1.807) is 11.3 Å². The number of carbonyl (C=O) groups excluding carboxylic acids is 1. The molecule has 128 valence electrons. The zero-order chi connectivity index (χ0) is 16.9. The Morgan fingerprint density at radius 2 is 1.83 bits per heavy atom. The highest BCUT2D eigenvalue weighted by molar-refractivity contribution is 7.12. The quantitative estimate of drug-likeness (QED) is 0.906. The molecule has 0 unspecified atom stereocenters. The summed E-state index contributed by atoms with van der Waals surface area (Å²) in [6, 6.07) is 10.5. The minimum absolute atomic E-state index is 0.00856. The van der Waals surface area contributed by atoms with E-state index >= 15 is 0 Å². The van der Waals surface area contributed by atoms with E-state index in [1.807, 2.05) is 19.9 Å². The van der Waals surface area contributed by atoms with Gasteiger partial charge in [-0.05, 0) is 31.0 Å². The van der Waals surface area contributed by atoms with Crippen LogP contribution in [-0.4, -0.2) is 37.1 Å². The predicted octanol–water partition coefficient (Wildman–Crippen LogP) is 3.13. The first-order valence-corrected chi connectivity index (χ1v) is 9.16. The molecule has 0 saturated carbocycles. The number of hydrogen-bond donors (Lipinski definition) is 1. The van der Waals surface area contributed by atoms with Gasteiger partial charge in [0.25, 0.3) is 5.91 Å². The number of carbonyl (C=O) groups is 1. The predicted molar refractivity (Wildman–Crippen MR) is 97.5 cm³/mol. The van der Waals surface area contributed by atoms with Crippen LogP contribution in [-0.2, 0) is 17.8 Å². The molecule has 1 amide bonds. The normalized spacial score (nSPS) is 15.4. The number of morpholine rings is 1. The van der Waals surface area contributed by atoms with Crippen molar-refractivity contribution in [3.63, 3.8) is 0 Å². The maximum Gasteiger partial charge on any atom is 0.252 e. The zero-order valence-corrected chi connectivity index (χ0v) is 15.1. The van der Waals surface area contributed by atoms with Gasteiger partial charge in [-0.3, -0.25) is 9.69 Å². The smallest absolute Gasteiger partial charge is 0.252 e. The van der Waals surface area contributed by atoms with Crippen LogP contribution in [0.2, 0.25) is 0 Å². The summed E-state index contributed by atoms with van der Waals surface area (Å²) >= 11 is 1.66. The first-order chi connectivity index (χ1) is 11.6. The molecule has 1 saturated heterocycles. The van der Waals surface area contributed by atoms with Crippen molar-refractivity contribution in [1.29, 1.82) is 0 Å². The van der Waals surface area contributed by atoms with Gasteiger partial charge in [-0.1, -0.05) is 24.3 Å². The van der Waals surface area contributed by atoms with Crippen molar-refractivity contribution in [3.8, 4) is 0 Å². The highest BCUT2D eigenvalue weighted by Crippen LogP contribution is 2.20. The maximum atomic E-state index is 12.3. The fraction of sp³-hybridized carbons (Fsp3) is 0.421. The van der Waals surface area contributed by atoms with E-state index in [4.69, 9.17) is 4.74 Å². The summed E-state index contributed by atoms with van der Waals surface area (Å²) in [7, 11) is 0. The average molecular weight is 344 g/mol. The van der Waals surface area contributed by atoms with Crippen LogP contribution in [0, 0.1) is 13.8 Å². The number of amides is 1. The molecule has 3 rings (SSSR count). The van der Waals surface area contributed by atoms with Crippen molar-refractivity contribution < 1.29 is 9.53 Å². The van der Waals surface area contributed by atoms with Crippen molar-refractivity contribution >= 4 is 17.2 Å². The van der Waals surface area contributed by atoms with Crippen LogP contribution in [0.3, 0.4) is 0 Å². The van der Waals surface area contributed by atoms with Gasteiger partial charge in [0.05, 0.1) is 18.8 Å². The molecule has 1 aromatic heterocycles. The highest BCUT2D eigenvalue weighted by atomic mass is 32.1. The van der Waals surface area contributed by atoms with Crippen LogP contribution >= 0.6 is 11.3 Å². The van der Waals surface area contributed by atoms with Gasteiger partial charge in [0.2, 0.25) is 0 Å². The Balaban J connectivity index is 1.52. The summed E-state index contributed by atoms with van der Waals surface area (Å²) < 4.78 is 5.38. The van der Waals surface area contributed by atoms with E-state index in [0.29, 0.717) is 6.54 Å². The third kappa shape index (κ3) is 4.44. The van der Waals surface area contributed by atoms with E-state index in [2.05, 4.69) is 34.5 Å². The van der Waals surface area contributed by atoms with Gasteiger partial charge in [0.1, 0.15) is 0 Å². The van der Waals surface area contributed by atoms with E-state index in [-0.39, 0.29) is 5.91 Å². The lowest BCUT2D eigenvalue weighted by Crippen LogP contribution is -2.35. The molecule has 5 heteroatoms. The largest absolute Gasteiger partial charge is 0.379 e. The third-order valence-electron chi connectivity index (χ3n) is 4.27. The SMILES string of the molecule is Cc1cc(C(=O)NCc2ccc(CN3CCOCC3)cc2)c(C)s1. The molecule has 1 aliphatic rings. The van der Waals surface area contributed by atoms with Crippen LogP contribution in [0.5, 0.6) is 0 Å². The summed E-state index contributed by atoms with van der Waals surface area (Å²) in [4.78, 5) is 16.9. The van der Waals surface area contributed by atoms with Crippen LogP contribution in [0.15, 0.2) is 30.3 Å². The summed E-state index contributed by atoms with van der Waals surface area (Å²) in [5.41, 5.74) is 3.22. The van der Waals surface area contributed by atoms with Crippen molar-refractivity contribution in [2.75, 3.05) is 26.3 Å². The van der Waals surface area contributed by atoms with Crippen LogP contribution < -0.4 is 5.32 Å². The Bertz CT molecular complexity index is 688. The summed E-state index contributed by atoms with van der Waals surface area (Å²) in [5, 5.41) is 3.01. The number of hydrogen-bond acceptors (Lipinski definition) is 4. The Kier molecular flexibility index (Phi) is 5.66. The standard InChI is InChI=1S/C19H24N2O2S/c1-14-11-18(15(2)24-14)19(22)20-12-16-3-5-17(6-4-16)13-21-7-9-23-10-8-21/h3-6,11H,7-10,12-13H2,1-2H3,(H,20,22). The molecular formula is C19H24N2O2S. The lowest BCUT2D eigenvalue weighted by Gasteiger charge is -2.26. The molecule has 2 aromatic rings. The molecule has 0 spiro atoms.